The van der Waals surface area contributed by atoms with E-state index in [-0.39, 0.29) is 17.8 Å². The summed E-state index contributed by atoms with van der Waals surface area (Å²) in [4.78, 5) is 10.3. The second-order valence-corrected chi connectivity index (χ2v) is 4.04. The summed E-state index contributed by atoms with van der Waals surface area (Å²) in [6, 6.07) is 10.0. The van der Waals surface area contributed by atoms with Crippen LogP contribution in [0.2, 0.25) is 0 Å². The summed E-state index contributed by atoms with van der Waals surface area (Å²) in [7, 11) is 0. The predicted octanol–water partition coefficient (Wildman–Crippen LogP) is 1.85. The SMILES string of the molecule is C[C@]12COO[C@H](c3ccccc3)[C@H]1O2. The van der Waals surface area contributed by atoms with Crippen molar-refractivity contribution in [3.63, 3.8) is 0 Å². The number of epoxide rings is 1. The van der Waals surface area contributed by atoms with E-state index in [4.69, 9.17) is 14.5 Å². The molecule has 2 fully saturated rings. The van der Waals surface area contributed by atoms with Crippen LogP contribution in [0.25, 0.3) is 0 Å². The van der Waals surface area contributed by atoms with E-state index in [1.165, 1.54) is 0 Å². The van der Waals surface area contributed by atoms with Gasteiger partial charge in [0.1, 0.15) is 24.4 Å². The largest absolute Gasteiger partial charge is 0.360 e. The maximum atomic E-state index is 5.58. The van der Waals surface area contributed by atoms with E-state index < -0.39 is 0 Å². The van der Waals surface area contributed by atoms with Gasteiger partial charge in [0, 0.05) is 0 Å². The van der Waals surface area contributed by atoms with Gasteiger partial charge in [0.05, 0.1) is 0 Å². The minimum atomic E-state index is -0.126. The lowest BCUT2D eigenvalue weighted by atomic mass is 9.98. The van der Waals surface area contributed by atoms with Gasteiger partial charge in [0.15, 0.2) is 0 Å². The Morgan fingerprint density at radius 3 is 2.86 bits per heavy atom. The monoisotopic (exact) mass is 192 g/mol. The first kappa shape index (κ1) is 8.41. The minimum Gasteiger partial charge on any atom is -0.360 e. The Bertz CT molecular complexity index is 338. The van der Waals surface area contributed by atoms with Crippen LogP contribution in [0.3, 0.4) is 0 Å². The molecular weight excluding hydrogens is 180 g/mol. The fourth-order valence-electron chi connectivity index (χ4n) is 1.90. The normalized spacial score (nSPS) is 40.4. The van der Waals surface area contributed by atoms with Gasteiger partial charge in [0.2, 0.25) is 0 Å². The molecule has 1 aromatic rings. The first-order valence-electron chi connectivity index (χ1n) is 4.81. The van der Waals surface area contributed by atoms with Crippen molar-refractivity contribution in [3.05, 3.63) is 35.9 Å². The maximum absolute atomic E-state index is 5.58. The highest BCUT2D eigenvalue weighted by Gasteiger charge is 2.61. The van der Waals surface area contributed by atoms with Gasteiger partial charge in [-0.2, -0.15) is 0 Å². The molecule has 0 aliphatic carbocycles. The molecule has 0 spiro atoms. The molecule has 3 atom stereocenters. The Hall–Kier alpha value is -0.900. The van der Waals surface area contributed by atoms with Gasteiger partial charge < -0.3 is 4.74 Å². The fraction of sp³-hybridized carbons (Fsp3) is 0.455. The van der Waals surface area contributed by atoms with Crippen molar-refractivity contribution in [1.29, 1.82) is 0 Å². The van der Waals surface area contributed by atoms with E-state index in [2.05, 4.69) is 6.92 Å². The molecule has 1 aromatic carbocycles. The standard InChI is InChI=1S/C11H12O3/c1-11-7-12-14-9(10(11)13-11)8-5-3-2-4-6-8/h2-6,9-10H,7H2,1H3/t9-,10-,11+/m1/s1. The second-order valence-electron chi connectivity index (χ2n) is 4.04. The Morgan fingerprint density at radius 1 is 1.29 bits per heavy atom. The predicted molar refractivity (Wildman–Crippen MR) is 49.5 cm³/mol. The third kappa shape index (κ3) is 1.17. The summed E-state index contributed by atoms with van der Waals surface area (Å²) in [5.74, 6) is 0. The topological polar surface area (TPSA) is 31.0 Å². The van der Waals surface area contributed by atoms with Gasteiger partial charge in [-0.15, -0.1) is 0 Å². The van der Waals surface area contributed by atoms with E-state index in [1.807, 2.05) is 30.3 Å². The van der Waals surface area contributed by atoms with Gasteiger partial charge >= 0.3 is 0 Å². The summed E-state index contributed by atoms with van der Waals surface area (Å²) >= 11 is 0. The second kappa shape index (κ2) is 2.79. The number of ether oxygens (including phenoxy) is 1. The smallest absolute Gasteiger partial charge is 0.147 e. The number of benzene rings is 1. The summed E-state index contributed by atoms with van der Waals surface area (Å²) in [5, 5.41) is 0. The number of hydrogen-bond donors (Lipinski definition) is 0. The Labute approximate surface area is 82.5 Å². The molecule has 0 saturated carbocycles. The summed E-state index contributed by atoms with van der Waals surface area (Å²) in [6.45, 7) is 2.58. The molecule has 3 nitrogen and oxygen atoms in total. The van der Waals surface area contributed by atoms with Crippen LogP contribution in [0.5, 0.6) is 0 Å². The first-order chi connectivity index (χ1) is 6.80. The third-order valence-electron chi connectivity index (χ3n) is 2.86. The van der Waals surface area contributed by atoms with Crippen molar-refractivity contribution < 1.29 is 14.5 Å². The van der Waals surface area contributed by atoms with E-state index in [1.54, 1.807) is 0 Å². The molecule has 0 aromatic heterocycles. The molecule has 3 rings (SSSR count). The van der Waals surface area contributed by atoms with Crippen LogP contribution in [0.1, 0.15) is 18.6 Å². The quantitative estimate of drug-likeness (QED) is 0.502. The van der Waals surface area contributed by atoms with E-state index >= 15 is 0 Å². The molecule has 0 amide bonds. The fourth-order valence-corrected chi connectivity index (χ4v) is 1.90. The summed E-state index contributed by atoms with van der Waals surface area (Å²) < 4.78 is 5.58. The van der Waals surface area contributed by atoms with Gasteiger partial charge in [-0.05, 0) is 12.5 Å². The number of hydrogen-bond acceptors (Lipinski definition) is 3. The van der Waals surface area contributed by atoms with Crippen molar-refractivity contribution >= 4 is 0 Å². The van der Waals surface area contributed by atoms with Crippen LogP contribution in [0.4, 0.5) is 0 Å². The van der Waals surface area contributed by atoms with Gasteiger partial charge in [-0.1, -0.05) is 30.3 Å². The molecule has 0 unspecified atom stereocenters. The van der Waals surface area contributed by atoms with Gasteiger partial charge in [-0.3, -0.25) is 0 Å². The Morgan fingerprint density at radius 2 is 2.07 bits per heavy atom. The lowest BCUT2D eigenvalue weighted by Gasteiger charge is -2.21. The van der Waals surface area contributed by atoms with Crippen molar-refractivity contribution in [2.45, 2.75) is 24.7 Å². The first-order valence-corrected chi connectivity index (χ1v) is 4.81. The highest BCUT2D eigenvalue weighted by atomic mass is 17.2. The molecule has 2 aliphatic heterocycles. The van der Waals surface area contributed by atoms with E-state index in [0.29, 0.717) is 6.61 Å². The summed E-state index contributed by atoms with van der Waals surface area (Å²) in [5.41, 5.74) is 0.986. The molecule has 0 radical (unpaired) electrons. The molecule has 2 aliphatic rings. The zero-order valence-electron chi connectivity index (χ0n) is 7.97. The van der Waals surface area contributed by atoms with Crippen molar-refractivity contribution in [2.75, 3.05) is 6.61 Å². The molecule has 74 valence electrons. The van der Waals surface area contributed by atoms with Crippen LogP contribution in [0, 0.1) is 0 Å². The average Bonchev–Trinajstić information content (AvgIpc) is 2.90. The number of rotatable bonds is 1. The highest BCUT2D eigenvalue weighted by molar-refractivity contribution is 5.23. The maximum Gasteiger partial charge on any atom is 0.147 e. The van der Waals surface area contributed by atoms with Crippen LogP contribution in [0.15, 0.2) is 30.3 Å². The van der Waals surface area contributed by atoms with Crippen molar-refractivity contribution in [3.8, 4) is 0 Å². The minimum absolute atomic E-state index is 0.0741. The van der Waals surface area contributed by atoms with Crippen molar-refractivity contribution in [2.24, 2.45) is 0 Å². The van der Waals surface area contributed by atoms with Crippen LogP contribution < -0.4 is 0 Å². The molecule has 3 heteroatoms. The lowest BCUT2D eigenvalue weighted by Crippen LogP contribution is -2.29. The molecule has 0 bridgehead atoms. The molecule has 0 N–H and O–H groups in total. The van der Waals surface area contributed by atoms with E-state index in [9.17, 15) is 0 Å². The Kier molecular flexibility index (Phi) is 1.68. The lowest BCUT2D eigenvalue weighted by molar-refractivity contribution is -0.345. The zero-order valence-corrected chi connectivity index (χ0v) is 7.97. The third-order valence-corrected chi connectivity index (χ3v) is 2.86. The van der Waals surface area contributed by atoms with Crippen molar-refractivity contribution in [1.82, 2.24) is 0 Å². The zero-order chi connectivity index (χ0) is 9.60. The molecular formula is C11H12O3. The average molecular weight is 192 g/mol. The summed E-state index contributed by atoms with van der Waals surface area (Å²) in [6.07, 6.45) is 0.0774. The molecule has 2 saturated heterocycles. The van der Waals surface area contributed by atoms with Crippen LogP contribution in [-0.4, -0.2) is 18.3 Å². The van der Waals surface area contributed by atoms with Gasteiger partial charge in [0.25, 0.3) is 0 Å². The van der Waals surface area contributed by atoms with E-state index in [0.717, 1.165) is 5.56 Å². The van der Waals surface area contributed by atoms with Gasteiger partial charge in [-0.25, -0.2) is 9.78 Å². The molecule has 2 heterocycles. The Balaban J connectivity index is 1.87. The molecule has 14 heavy (non-hydrogen) atoms. The number of fused-ring (bicyclic) bond motifs is 1. The van der Waals surface area contributed by atoms with Crippen LogP contribution >= 0.6 is 0 Å². The van der Waals surface area contributed by atoms with Crippen LogP contribution in [-0.2, 0) is 14.5 Å². The highest BCUT2D eigenvalue weighted by Crippen LogP contribution is 2.49.